The summed E-state index contributed by atoms with van der Waals surface area (Å²) in [4.78, 5) is 37.9. The van der Waals surface area contributed by atoms with Gasteiger partial charge in [-0.1, -0.05) is 0 Å². The molecule has 10 heteroatoms. The van der Waals surface area contributed by atoms with Crippen LogP contribution in [0.5, 0.6) is 34.5 Å². The van der Waals surface area contributed by atoms with Gasteiger partial charge in [-0.25, -0.2) is 9.59 Å². The molecule has 0 unspecified atom stereocenters. The normalized spacial score (nSPS) is 10.6. The fraction of sp³-hybridized carbons (Fsp3) is 0.207. The Hall–Kier alpha value is -4.99. The highest BCUT2D eigenvalue weighted by Crippen LogP contribution is 2.38. The number of methoxy groups -OCH3 is 3. The standard InChI is InChI=1S/C29H26O10/c1-6-36-28(31)17-7-9-19(10-8-17)38-26-16(2)37-22-15-20(11-12-21(22)25(26)30)39-29(32)18-13-23(33-3)27(35-5)24(14-18)34-4/h7-15H,6H2,1-5H3. The molecule has 0 saturated heterocycles. The Morgan fingerprint density at radius 1 is 0.769 bits per heavy atom. The summed E-state index contributed by atoms with van der Waals surface area (Å²) in [5, 5.41) is 0.228. The summed E-state index contributed by atoms with van der Waals surface area (Å²) < 4.78 is 37.9. The molecular formula is C29H26O10. The van der Waals surface area contributed by atoms with Crippen molar-refractivity contribution in [1.82, 2.24) is 0 Å². The molecule has 0 bridgehead atoms. The second-order valence-electron chi connectivity index (χ2n) is 8.12. The van der Waals surface area contributed by atoms with Crippen LogP contribution in [0.1, 0.15) is 33.4 Å². The SMILES string of the molecule is CCOC(=O)c1ccc(Oc2c(C)oc3cc(OC(=O)c4cc(OC)c(OC)c(OC)c4)ccc3c2=O)cc1. The summed E-state index contributed by atoms with van der Waals surface area (Å²) >= 11 is 0. The van der Waals surface area contributed by atoms with Crippen molar-refractivity contribution in [3.8, 4) is 34.5 Å². The predicted octanol–water partition coefficient (Wildman–Crippen LogP) is 5.32. The Kier molecular flexibility index (Phi) is 8.04. The molecule has 0 amide bonds. The molecule has 1 aromatic heterocycles. The molecular weight excluding hydrogens is 508 g/mol. The lowest BCUT2D eigenvalue weighted by Crippen LogP contribution is -2.11. The number of benzene rings is 3. The lowest BCUT2D eigenvalue weighted by molar-refractivity contribution is 0.0526. The van der Waals surface area contributed by atoms with Crippen LogP contribution >= 0.6 is 0 Å². The average Bonchev–Trinajstić information content (AvgIpc) is 2.94. The third-order valence-electron chi connectivity index (χ3n) is 5.68. The molecule has 0 atom stereocenters. The first-order chi connectivity index (χ1) is 18.8. The smallest absolute Gasteiger partial charge is 0.343 e. The number of aryl methyl sites for hydroxylation is 1. The number of carbonyl (C=O) groups excluding carboxylic acids is 2. The number of ether oxygens (including phenoxy) is 6. The third kappa shape index (κ3) is 5.64. The van der Waals surface area contributed by atoms with Crippen LogP contribution < -0.4 is 29.1 Å². The van der Waals surface area contributed by atoms with Crippen LogP contribution in [0, 0.1) is 6.92 Å². The summed E-state index contributed by atoms with van der Waals surface area (Å²) in [5.74, 6) is 0.516. The molecule has 0 aliphatic carbocycles. The van der Waals surface area contributed by atoms with Crippen molar-refractivity contribution < 1.29 is 42.4 Å². The minimum Gasteiger partial charge on any atom is -0.493 e. The molecule has 4 aromatic rings. The van der Waals surface area contributed by atoms with Gasteiger partial charge in [-0.3, -0.25) is 4.79 Å². The first-order valence-corrected chi connectivity index (χ1v) is 11.8. The van der Waals surface area contributed by atoms with Crippen LogP contribution in [0.3, 0.4) is 0 Å². The lowest BCUT2D eigenvalue weighted by Gasteiger charge is -2.14. The molecule has 0 aliphatic rings. The first kappa shape index (κ1) is 27.1. The summed E-state index contributed by atoms with van der Waals surface area (Å²) in [7, 11) is 4.34. The van der Waals surface area contributed by atoms with E-state index in [0.29, 0.717) is 28.6 Å². The maximum Gasteiger partial charge on any atom is 0.343 e. The van der Waals surface area contributed by atoms with E-state index in [-0.39, 0.29) is 40.4 Å². The fourth-order valence-electron chi connectivity index (χ4n) is 3.81. The van der Waals surface area contributed by atoms with Crippen molar-refractivity contribution in [1.29, 1.82) is 0 Å². The van der Waals surface area contributed by atoms with Crippen molar-refractivity contribution in [2.45, 2.75) is 13.8 Å². The largest absolute Gasteiger partial charge is 0.493 e. The van der Waals surface area contributed by atoms with E-state index in [1.54, 1.807) is 38.1 Å². The summed E-state index contributed by atoms with van der Waals surface area (Å²) in [6.45, 7) is 3.57. The maximum atomic E-state index is 13.2. The summed E-state index contributed by atoms with van der Waals surface area (Å²) in [6, 6.07) is 13.5. The second-order valence-corrected chi connectivity index (χ2v) is 8.12. The van der Waals surface area contributed by atoms with Gasteiger partial charge in [0.15, 0.2) is 11.5 Å². The number of rotatable bonds is 9. The zero-order valence-corrected chi connectivity index (χ0v) is 22.0. The molecule has 4 rings (SSSR count). The average molecular weight is 535 g/mol. The molecule has 39 heavy (non-hydrogen) atoms. The second kappa shape index (κ2) is 11.6. The molecule has 0 N–H and O–H groups in total. The van der Waals surface area contributed by atoms with Crippen LogP contribution in [0.25, 0.3) is 11.0 Å². The van der Waals surface area contributed by atoms with Gasteiger partial charge in [-0.05, 0) is 62.4 Å². The van der Waals surface area contributed by atoms with Gasteiger partial charge in [-0.15, -0.1) is 0 Å². The van der Waals surface area contributed by atoms with Crippen LogP contribution in [0.2, 0.25) is 0 Å². The van der Waals surface area contributed by atoms with E-state index in [4.69, 9.17) is 32.8 Å². The van der Waals surface area contributed by atoms with E-state index < -0.39 is 17.4 Å². The number of hydrogen-bond acceptors (Lipinski definition) is 10. The van der Waals surface area contributed by atoms with Crippen molar-refractivity contribution >= 4 is 22.9 Å². The minimum absolute atomic E-state index is 0.00597. The highest BCUT2D eigenvalue weighted by Gasteiger charge is 2.20. The third-order valence-corrected chi connectivity index (χ3v) is 5.68. The van der Waals surface area contributed by atoms with Crippen molar-refractivity contribution in [2.75, 3.05) is 27.9 Å². The zero-order chi connectivity index (χ0) is 28.1. The lowest BCUT2D eigenvalue weighted by atomic mass is 10.1. The first-order valence-electron chi connectivity index (χ1n) is 11.8. The zero-order valence-electron chi connectivity index (χ0n) is 22.0. The molecule has 0 saturated carbocycles. The highest BCUT2D eigenvalue weighted by molar-refractivity contribution is 5.93. The monoisotopic (exact) mass is 534 g/mol. The summed E-state index contributed by atoms with van der Waals surface area (Å²) in [6.07, 6.45) is 0. The highest BCUT2D eigenvalue weighted by atomic mass is 16.5. The van der Waals surface area contributed by atoms with E-state index in [2.05, 4.69) is 0 Å². The Bertz CT molecular complexity index is 1560. The molecule has 3 aromatic carbocycles. The Labute approximate surface area is 223 Å². The van der Waals surface area contributed by atoms with Gasteiger partial charge in [0.2, 0.25) is 16.9 Å². The van der Waals surface area contributed by atoms with E-state index in [1.807, 2.05) is 0 Å². The molecule has 0 aliphatic heterocycles. The van der Waals surface area contributed by atoms with E-state index in [1.165, 1.54) is 51.7 Å². The van der Waals surface area contributed by atoms with Crippen LogP contribution in [0.4, 0.5) is 0 Å². The van der Waals surface area contributed by atoms with Crippen molar-refractivity contribution in [3.63, 3.8) is 0 Å². The number of hydrogen-bond donors (Lipinski definition) is 0. The quantitative estimate of drug-likeness (QED) is 0.206. The number of esters is 2. The van der Waals surface area contributed by atoms with Crippen molar-refractivity contribution in [2.24, 2.45) is 0 Å². The Balaban J connectivity index is 1.58. The fourth-order valence-corrected chi connectivity index (χ4v) is 3.81. The van der Waals surface area contributed by atoms with Gasteiger partial charge < -0.3 is 32.8 Å². The molecule has 10 nitrogen and oxygen atoms in total. The van der Waals surface area contributed by atoms with Gasteiger partial charge in [0.25, 0.3) is 0 Å². The van der Waals surface area contributed by atoms with E-state index in [0.717, 1.165) is 0 Å². The minimum atomic E-state index is -0.682. The number of carbonyl (C=O) groups is 2. The molecule has 0 spiro atoms. The Morgan fingerprint density at radius 3 is 2.00 bits per heavy atom. The van der Waals surface area contributed by atoms with E-state index in [9.17, 15) is 14.4 Å². The topological polar surface area (TPSA) is 120 Å². The number of fused-ring (bicyclic) bond motifs is 1. The molecule has 202 valence electrons. The van der Waals surface area contributed by atoms with Gasteiger partial charge >= 0.3 is 11.9 Å². The maximum absolute atomic E-state index is 13.2. The predicted molar refractivity (Wildman–Crippen MR) is 141 cm³/mol. The summed E-state index contributed by atoms with van der Waals surface area (Å²) in [5.41, 5.74) is 0.323. The van der Waals surface area contributed by atoms with Gasteiger partial charge in [0, 0.05) is 6.07 Å². The molecule has 0 radical (unpaired) electrons. The van der Waals surface area contributed by atoms with Crippen LogP contribution in [0.15, 0.2) is 63.8 Å². The Morgan fingerprint density at radius 2 is 1.41 bits per heavy atom. The van der Waals surface area contributed by atoms with Crippen LogP contribution in [-0.4, -0.2) is 39.9 Å². The molecule has 1 heterocycles. The van der Waals surface area contributed by atoms with Gasteiger partial charge in [0.1, 0.15) is 22.8 Å². The van der Waals surface area contributed by atoms with Gasteiger partial charge in [-0.2, -0.15) is 0 Å². The van der Waals surface area contributed by atoms with Crippen molar-refractivity contribution in [3.05, 3.63) is 81.7 Å². The molecule has 0 fully saturated rings. The van der Waals surface area contributed by atoms with E-state index >= 15 is 0 Å². The van der Waals surface area contributed by atoms with Gasteiger partial charge in [0.05, 0.1) is 44.4 Å². The van der Waals surface area contributed by atoms with Crippen LogP contribution in [-0.2, 0) is 4.74 Å².